The Morgan fingerprint density at radius 3 is 2.79 bits per heavy atom. The fraction of sp³-hybridized carbons (Fsp3) is 0.476. The number of rotatable bonds is 3. The highest BCUT2D eigenvalue weighted by atomic mass is 35.5. The summed E-state index contributed by atoms with van der Waals surface area (Å²) in [5, 5.41) is 18.5. The minimum Gasteiger partial charge on any atom is -0.390 e. The first-order valence-electron chi connectivity index (χ1n) is 10.0. The van der Waals surface area contributed by atoms with Crippen molar-refractivity contribution in [2.75, 3.05) is 31.2 Å². The molecule has 0 radical (unpaired) electrons. The van der Waals surface area contributed by atoms with Gasteiger partial charge in [0.15, 0.2) is 5.82 Å². The summed E-state index contributed by atoms with van der Waals surface area (Å²) in [6.07, 6.45) is 5.06. The molecule has 7 nitrogen and oxygen atoms in total. The van der Waals surface area contributed by atoms with Gasteiger partial charge in [-0.15, -0.1) is 0 Å². The number of halogens is 1. The number of fused-ring (bicyclic) bond motifs is 1. The summed E-state index contributed by atoms with van der Waals surface area (Å²) in [6.45, 7) is 5.33. The summed E-state index contributed by atoms with van der Waals surface area (Å²) in [4.78, 5) is 11.9. The van der Waals surface area contributed by atoms with Crippen LogP contribution in [0.1, 0.15) is 30.7 Å². The third-order valence-electron chi connectivity index (χ3n) is 6.39. The topological polar surface area (TPSA) is 87.2 Å². The third-order valence-corrected chi connectivity index (χ3v) is 6.78. The van der Waals surface area contributed by atoms with Crippen LogP contribution in [0, 0.1) is 12.3 Å². The lowest BCUT2D eigenvalue weighted by atomic mass is 9.78. The Hall–Kier alpha value is -2.22. The molecule has 0 aliphatic carbocycles. The fourth-order valence-corrected chi connectivity index (χ4v) is 4.86. The number of hydrogen-bond donors (Lipinski definition) is 2. The Morgan fingerprint density at radius 2 is 2.07 bits per heavy atom. The molecule has 152 valence electrons. The van der Waals surface area contributed by atoms with Crippen molar-refractivity contribution in [3.63, 3.8) is 0 Å². The summed E-state index contributed by atoms with van der Waals surface area (Å²) in [6, 6.07) is 3.89. The Bertz CT molecular complexity index is 1050. The maximum absolute atomic E-state index is 10.0. The number of aryl methyl sites for hydroxylation is 1. The number of benzene rings is 1. The summed E-state index contributed by atoms with van der Waals surface area (Å²) in [7, 11) is 0. The molecular formula is C21H24ClN5O2. The first-order valence-corrected chi connectivity index (χ1v) is 10.4. The predicted octanol–water partition coefficient (Wildman–Crippen LogP) is 3.48. The normalized spacial score (nSPS) is 18.8. The van der Waals surface area contributed by atoms with Crippen LogP contribution in [0.3, 0.4) is 0 Å². The molecule has 1 aromatic carbocycles. The van der Waals surface area contributed by atoms with E-state index in [1.807, 2.05) is 19.1 Å². The van der Waals surface area contributed by atoms with Gasteiger partial charge >= 0.3 is 0 Å². The summed E-state index contributed by atoms with van der Waals surface area (Å²) in [5.41, 5.74) is 3.96. The lowest BCUT2D eigenvalue weighted by Gasteiger charge is -2.39. The van der Waals surface area contributed by atoms with E-state index in [-0.39, 0.29) is 6.61 Å². The molecule has 3 aromatic rings. The van der Waals surface area contributed by atoms with E-state index in [1.165, 1.54) is 0 Å². The second-order valence-corrected chi connectivity index (χ2v) is 8.51. The van der Waals surface area contributed by atoms with Crippen LogP contribution in [0.15, 0.2) is 18.3 Å². The monoisotopic (exact) mass is 413 g/mol. The molecule has 5 rings (SSSR count). The number of aliphatic hydroxyl groups excluding tert-OH is 1. The molecule has 2 saturated heterocycles. The Balaban J connectivity index is 1.49. The van der Waals surface area contributed by atoms with Gasteiger partial charge in [0.25, 0.3) is 0 Å². The van der Waals surface area contributed by atoms with Gasteiger partial charge in [-0.05, 0) is 31.6 Å². The van der Waals surface area contributed by atoms with Crippen LogP contribution in [0.25, 0.3) is 22.2 Å². The highest BCUT2D eigenvalue weighted by Crippen LogP contribution is 2.41. The number of piperidine rings is 1. The number of ether oxygens (including phenoxy) is 1. The molecule has 29 heavy (non-hydrogen) atoms. The summed E-state index contributed by atoms with van der Waals surface area (Å²) < 4.78 is 5.64. The van der Waals surface area contributed by atoms with Crippen LogP contribution in [0.5, 0.6) is 0 Å². The molecule has 8 heteroatoms. The van der Waals surface area contributed by atoms with Gasteiger partial charge in [0.05, 0.1) is 41.3 Å². The average Bonchev–Trinajstić information content (AvgIpc) is 3.39. The zero-order valence-electron chi connectivity index (χ0n) is 16.4. The molecule has 0 saturated carbocycles. The SMILES string of the molecule is Cc1nc(N2CCC3(CCOC3)CC2)c(CO)nc1-c1ccc2cn[nH]c2c1Cl. The number of nitrogens with one attached hydrogen (secondary N) is 1. The Labute approximate surface area is 174 Å². The lowest BCUT2D eigenvalue weighted by molar-refractivity contribution is 0.133. The first-order chi connectivity index (χ1) is 14.1. The van der Waals surface area contributed by atoms with Crippen LogP contribution in [-0.4, -0.2) is 51.6 Å². The van der Waals surface area contributed by atoms with Crippen LogP contribution < -0.4 is 4.90 Å². The van der Waals surface area contributed by atoms with Crippen LogP contribution in [-0.2, 0) is 11.3 Å². The number of H-pyrrole nitrogens is 1. The van der Waals surface area contributed by atoms with E-state index in [0.29, 0.717) is 21.8 Å². The fourth-order valence-electron chi connectivity index (χ4n) is 4.55. The molecular weight excluding hydrogens is 390 g/mol. The molecule has 0 atom stereocenters. The van der Waals surface area contributed by atoms with Crippen molar-refractivity contribution >= 4 is 28.3 Å². The molecule has 2 aromatic heterocycles. The van der Waals surface area contributed by atoms with E-state index in [4.69, 9.17) is 26.3 Å². The largest absolute Gasteiger partial charge is 0.390 e. The van der Waals surface area contributed by atoms with E-state index < -0.39 is 0 Å². The smallest absolute Gasteiger partial charge is 0.153 e. The predicted molar refractivity (Wildman–Crippen MR) is 112 cm³/mol. The van der Waals surface area contributed by atoms with Crippen LogP contribution in [0.4, 0.5) is 5.82 Å². The van der Waals surface area contributed by atoms with Gasteiger partial charge in [-0.2, -0.15) is 5.10 Å². The zero-order chi connectivity index (χ0) is 20.0. The van der Waals surface area contributed by atoms with Gasteiger partial charge in [0, 0.05) is 30.6 Å². The Kier molecular flexibility index (Phi) is 4.69. The molecule has 0 bridgehead atoms. The van der Waals surface area contributed by atoms with Gasteiger partial charge in [0.1, 0.15) is 5.69 Å². The minimum atomic E-state index is -0.162. The highest BCUT2D eigenvalue weighted by molar-refractivity contribution is 6.37. The van der Waals surface area contributed by atoms with E-state index in [2.05, 4.69) is 15.1 Å². The molecule has 1 spiro atoms. The maximum Gasteiger partial charge on any atom is 0.153 e. The van der Waals surface area contributed by atoms with Gasteiger partial charge in [-0.1, -0.05) is 23.7 Å². The van der Waals surface area contributed by atoms with Crippen molar-refractivity contribution in [2.24, 2.45) is 5.41 Å². The van der Waals surface area contributed by atoms with Crippen LogP contribution in [0.2, 0.25) is 5.02 Å². The third kappa shape index (κ3) is 3.17. The van der Waals surface area contributed by atoms with E-state index in [1.54, 1.807) is 6.20 Å². The molecule has 2 aliphatic rings. The Morgan fingerprint density at radius 1 is 1.24 bits per heavy atom. The highest BCUT2D eigenvalue weighted by Gasteiger charge is 2.38. The number of hydrogen-bond acceptors (Lipinski definition) is 6. The molecule has 0 amide bonds. The molecule has 2 N–H and O–H groups in total. The van der Waals surface area contributed by atoms with Gasteiger partial charge < -0.3 is 14.7 Å². The van der Waals surface area contributed by atoms with Crippen molar-refractivity contribution < 1.29 is 9.84 Å². The summed E-state index contributed by atoms with van der Waals surface area (Å²) >= 11 is 6.62. The summed E-state index contributed by atoms with van der Waals surface area (Å²) in [5.74, 6) is 0.779. The van der Waals surface area contributed by atoms with Crippen molar-refractivity contribution in [3.05, 3.63) is 34.7 Å². The second-order valence-electron chi connectivity index (χ2n) is 8.14. The number of aromatic amines is 1. The van der Waals surface area contributed by atoms with E-state index >= 15 is 0 Å². The average molecular weight is 414 g/mol. The van der Waals surface area contributed by atoms with Gasteiger partial charge in [-0.3, -0.25) is 5.10 Å². The number of aromatic nitrogens is 4. The lowest BCUT2D eigenvalue weighted by Crippen LogP contribution is -2.41. The first kappa shape index (κ1) is 18.8. The number of anilines is 1. The molecule has 4 heterocycles. The van der Waals surface area contributed by atoms with Gasteiger partial charge in [-0.25, -0.2) is 9.97 Å². The van der Waals surface area contributed by atoms with E-state index in [9.17, 15) is 5.11 Å². The standard InChI is InChI=1S/C21H24ClN5O2/c1-13-18(15-3-2-14-10-23-26-19(14)17(15)22)25-16(11-28)20(24-13)27-7-4-21(5-8-27)6-9-29-12-21/h2-3,10,28H,4-9,11-12H2,1H3,(H,23,26). The number of nitrogens with zero attached hydrogens (tertiary/aromatic N) is 4. The van der Waals surface area contributed by atoms with Crippen molar-refractivity contribution in [2.45, 2.75) is 32.8 Å². The van der Waals surface area contributed by atoms with E-state index in [0.717, 1.165) is 73.5 Å². The number of aliphatic hydroxyl groups is 1. The maximum atomic E-state index is 10.0. The van der Waals surface area contributed by atoms with Gasteiger partial charge in [0.2, 0.25) is 0 Å². The molecule has 2 fully saturated rings. The van der Waals surface area contributed by atoms with Crippen molar-refractivity contribution in [3.8, 4) is 11.3 Å². The molecule has 0 unspecified atom stereocenters. The van der Waals surface area contributed by atoms with Crippen molar-refractivity contribution in [1.29, 1.82) is 0 Å². The van der Waals surface area contributed by atoms with Crippen LogP contribution >= 0.6 is 11.6 Å². The molecule has 2 aliphatic heterocycles. The minimum absolute atomic E-state index is 0.162. The quantitative estimate of drug-likeness (QED) is 0.683. The van der Waals surface area contributed by atoms with Crippen molar-refractivity contribution in [1.82, 2.24) is 20.2 Å². The second kappa shape index (κ2) is 7.23. The zero-order valence-corrected chi connectivity index (χ0v) is 17.2.